The van der Waals surface area contributed by atoms with E-state index in [0.29, 0.717) is 0 Å². The van der Waals surface area contributed by atoms with Gasteiger partial charge < -0.3 is 4.57 Å². The van der Waals surface area contributed by atoms with E-state index in [4.69, 9.17) is 4.98 Å². The Bertz CT molecular complexity index is 2900. The Morgan fingerprint density at radius 3 is 1.60 bits per heavy atom. The molecule has 248 valence electrons. The lowest BCUT2D eigenvalue weighted by molar-refractivity contribution is 0.592. The molecule has 53 heavy (non-hydrogen) atoms. The Hall–Kier alpha value is -6.34. The molecule has 0 N–H and O–H groups in total. The van der Waals surface area contributed by atoms with Gasteiger partial charge in [0.1, 0.15) is 0 Å². The summed E-state index contributed by atoms with van der Waals surface area (Å²) in [6.07, 6.45) is 0. The third-order valence-corrected chi connectivity index (χ3v) is 14.6. The van der Waals surface area contributed by atoms with E-state index in [1.807, 2.05) is 60.7 Å². The second-order valence-electron chi connectivity index (χ2n) is 14.1. The van der Waals surface area contributed by atoms with Gasteiger partial charge in [-0.3, -0.25) is 0 Å². The van der Waals surface area contributed by atoms with Gasteiger partial charge in [0.2, 0.25) is 0 Å². The van der Waals surface area contributed by atoms with Crippen LogP contribution in [0.15, 0.2) is 194 Å². The van der Waals surface area contributed by atoms with Gasteiger partial charge in [0.05, 0.1) is 16.6 Å². The molecule has 8 aromatic carbocycles. The summed E-state index contributed by atoms with van der Waals surface area (Å²) in [5.74, 6) is 0. The average Bonchev–Trinajstić information content (AvgIpc) is 3.71. The van der Waals surface area contributed by atoms with Crippen LogP contribution in [0.2, 0.25) is 0 Å². The highest BCUT2D eigenvalue weighted by molar-refractivity contribution is 7.85. The van der Waals surface area contributed by atoms with Crippen molar-refractivity contribution in [1.29, 1.82) is 0 Å². The third kappa shape index (κ3) is 4.10. The summed E-state index contributed by atoms with van der Waals surface area (Å²) in [5, 5.41) is 5.80. The first kappa shape index (κ1) is 30.3. The van der Waals surface area contributed by atoms with Gasteiger partial charge >= 0.3 is 0 Å². The highest BCUT2D eigenvalue weighted by Crippen LogP contribution is 2.65. The van der Waals surface area contributed by atoms with Gasteiger partial charge in [0.15, 0.2) is 7.14 Å². The molecule has 0 amide bonds. The topological polar surface area (TPSA) is 30.0 Å². The van der Waals surface area contributed by atoms with E-state index in [-0.39, 0.29) is 0 Å². The van der Waals surface area contributed by atoms with Gasteiger partial charge in [-0.1, -0.05) is 176 Å². The fourth-order valence-corrected chi connectivity index (χ4v) is 12.0. The molecule has 0 unspecified atom stereocenters. The van der Waals surface area contributed by atoms with E-state index in [1.165, 1.54) is 49.9 Å². The summed E-state index contributed by atoms with van der Waals surface area (Å²) in [6, 6.07) is 68.2. The lowest BCUT2D eigenvalue weighted by Crippen LogP contribution is -2.26. The van der Waals surface area contributed by atoms with Gasteiger partial charge in [0.25, 0.3) is 0 Å². The average molecular weight is 694 g/mol. The number of fused-ring (bicyclic) bond motifs is 13. The van der Waals surface area contributed by atoms with E-state index < -0.39 is 12.6 Å². The molecule has 0 radical (unpaired) electrons. The molecule has 0 atom stereocenters. The Kier molecular flexibility index (Phi) is 6.48. The predicted molar refractivity (Wildman–Crippen MR) is 220 cm³/mol. The van der Waals surface area contributed by atoms with Crippen LogP contribution in [0.1, 0.15) is 22.3 Å². The fourth-order valence-electron chi connectivity index (χ4n) is 9.33. The van der Waals surface area contributed by atoms with E-state index >= 15 is 4.57 Å². The highest BCUT2D eigenvalue weighted by Gasteiger charge is 2.53. The largest absolute Gasteiger partial charge is 0.309 e. The maximum atomic E-state index is 15.2. The molecular formula is C50H32NOP. The second kappa shape index (κ2) is 11.3. The molecule has 1 spiro atoms. The molecule has 9 aromatic rings. The summed E-state index contributed by atoms with van der Waals surface area (Å²) in [4.78, 5) is 5.48. The molecule has 2 aliphatic rings. The van der Waals surface area contributed by atoms with E-state index in [9.17, 15) is 0 Å². The smallest absolute Gasteiger partial charge is 0.171 e. The van der Waals surface area contributed by atoms with Crippen molar-refractivity contribution in [2.75, 3.05) is 0 Å². The molecule has 0 fully saturated rings. The van der Waals surface area contributed by atoms with Crippen LogP contribution in [0.3, 0.4) is 0 Å². The molecule has 0 saturated carbocycles. The summed E-state index contributed by atoms with van der Waals surface area (Å²) < 4.78 is 15.2. The van der Waals surface area contributed by atoms with Crippen molar-refractivity contribution in [3.8, 4) is 33.5 Å². The maximum Gasteiger partial charge on any atom is 0.171 e. The minimum atomic E-state index is -3.11. The number of rotatable bonds is 4. The molecule has 0 aliphatic heterocycles. The minimum absolute atomic E-state index is 0.474. The number of para-hydroxylation sites is 1. The monoisotopic (exact) mass is 693 g/mol. The summed E-state index contributed by atoms with van der Waals surface area (Å²) in [7, 11) is -3.11. The number of benzene rings is 8. The molecule has 1 aromatic heterocycles. The van der Waals surface area contributed by atoms with Crippen molar-refractivity contribution in [2.24, 2.45) is 0 Å². The van der Waals surface area contributed by atoms with E-state index in [2.05, 4.69) is 133 Å². The van der Waals surface area contributed by atoms with Crippen molar-refractivity contribution in [2.45, 2.75) is 5.41 Å². The third-order valence-electron chi connectivity index (χ3n) is 11.5. The zero-order valence-corrected chi connectivity index (χ0v) is 29.7. The Labute approximate surface area is 308 Å². The molecule has 0 saturated heterocycles. The quantitative estimate of drug-likeness (QED) is 0.172. The molecule has 11 rings (SSSR count). The first-order chi connectivity index (χ1) is 26.2. The van der Waals surface area contributed by atoms with Crippen LogP contribution in [-0.4, -0.2) is 4.98 Å². The molecule has 0 bridgehead atoms. The molecule has 2 nitrogen and oxygen atoms in total. The zero-order chi connectivity index (χ0) is 35.1. The summed E-state index contributed by atoms with van der Waals surface area (Å²) in [5.41, 5.74) is 12.8. The van der Waals surface area contributed by atoms with Gasteiger partial charge in [-0.15, -0.1) is 0 Å². The van der Waals surface area contributed by atoms with Crippen LogP contribution in [-0.2, 0) is 9.98 Å². The fraction of sp³-hybridized carbons (Fsp3) is 0.0200. The van der Waals surface area contributed by atoms with Crippen LogP contribution in [0.4, 0.5) is 0 Å². The van der Waals surface area contributed by atoms with Crippen LogP contribution in [0, 0.1) is 0 Å². The lowest BCUT2D eigenvalue weighted by atomic mass is 9.69. The number of nitrogens with zero attached hydrogens (tertiary/aromatic N) is 1. The lowest BCUT2D eigenvalue weighted by Gasteiger charge is -2.31. The van der Waals surface area contributed by atoms with Crippen molar-refractivity contribution >= 4 is 44.7 Å². The zero-order valence-electron chi connectivity index (χ0n) is 28.8. The number of hydrogen-bond donors (Lipinski definition) is 0. The van der Waals surface area contributed by atoms with Crippen LogP contribution in [0.25, 0.3) is 55.2 Å². The summed E-state index contributed by atoms with van der Waals surface area (Å²) in [6.45, 7) is 0. The normalized spacial score (nSPS) is 13.5. The van der Waals surface area contributed by atoms with E-state index in [0.717, 1.165) is 43.5 Å². The number of aromatic nitrogens is 1. The van der Waals surface area contributed by atoms with Gasteiger partial charge in [-0.05, 0) is 67.9 Å². The SMILES string of the molecule is O=P(c1ccccc1)(c1ccccc1)c1ccc2cc(-c3nc4ccccc4c4c3-c3ccccc3C43c4ccccc4-c4ccccc43)ccc2c1. The van der Waals surface area contributed by atoms with Gasteiger partial charge in [-0.2, -0.15) is 0 Å². The highest BCUT2D eigenvalue weighted by atomic mass is 31.2. The van der Waals surface area contributed by atoms with Crippen molar-refractivity contribution in [3.05, 3.63) is 216 Å². The first-order valence-corrected chi connectivity index (χ1v) is 19.9. The molecule has 1 heterocycles. The van der Waals surface area contributed by atoms with Crippen LogP contribution < -0.4 is 15.9 Å². The Morgan fingerprint density at radius 1 is 0.434 bits per heavy atom. The standard InChI is InChI=1S/C50H32NOP/c52-53(36-15-3-1-4-16-36,37-17-5-2-6-18-37)38-30-29-33-31-35(28-27-34(33)32-38)49-47-41-21-9-13-25-45(41)50(48(47)42-22-10-14-26-46(42)51-49)43-23-11-7-19-39(43)40-20-8-12-24-44(40)50/h1-32H. The number of hydrogen-bond acceptors (Lipinski definition) is 2. The summed E-state index contributed by atoms with van der Waals surface area (Å²) >= 11 is 0. The maximum absolute atomic E-state index is 15.2. The first-order valence-electron chi connectivity index (χ1n) is 18.2. The minimum Gasteiger partial charge on any atom is -0.309 e. The molecular weight excluding hydrogens is 662 g/mol. The van der Waals surface area contributed by atoms with Crippen molar-refractivity contribution in [1.82, 2.24) is 4.98 Å². The van der Waals surface area contributed by atoms with Gasteiger partial charge in [0, 0.05) is 32.4 Å². The predicted octanol–water partition coefficient (Wildman–Crippen LogP) is 11.0. The van der Waals surface area contributed by atoms with Crippen molar-refractivity contribution in [3.63, 3.8) is 0 Å². The molecule has 2 aliphatic carbocycles. The van der Waals surface area contributed by atoms with Gasteiger partial charge in [-0.25, -0.2) is 4.98 Å². The van der Waals surface area contributed by atoms with Crippen molar-refractivity contribution < 1.29 is 4.57 Å². The number of pyridine rings is 1. The van der Waals surface area contributed by atoms with Crippen LogP contribution >= 0.6 is 7.14 Å². The van der Waals surface area contributed by atoms with Crippen LogP contribution in [0.5, 0.6) is 0 Å². The Morgan fingerprint density at radius 2 is 0.943 bits per heavy atom. The van der Waals surface area contributed by atoms with E-state index in [1.54, 1.807) is 0 Å². The second-order valence-corrected chi connectivity index (χ2v) is 16.9. The molecule has 3 heteroatoms. The Balaban J connectivity index is 1.16.